The van der Waals surface area contributed by atoms with E-state index in [1.807, 2.05) is 6.21 Å². The van der Waals surface area contributed by atoms with Gasteiger partial charge in [0.1, 0.15) is 0 Å². The molecule has 1 aliphatic carbocycles. The summed E-state index contributed by atoms with van der Waals surface area (Å²) in [7, 11) is 0. The van der Waals surface area contributed by atoms with Crippen molar-refractivity contribution in [2.45, 2.75) is 12.5 Å². The van der Waals surface area contributed by atoms with Gasteiger partial charge in [-0.05, 0) is 18.5 Å². The maximum atomic E-state index is 5.51. The Morgan fingerprint density at radius 2 is 2.50 bits per heavy atom. The molecule has 3 N–H and O–H groups in total. The normalized spacial score (nSPS) is 31.2. The molecule has 0 saturated heterocycles. The molecule has 0 spiro atoms. The Balaban J connectivity index is 2.13. The number of nitrogens with two attached hydrogens (primary N) is 1. The van der Waals surface area contributed by atoms with Crippen LogP contribution in [0, 0.1) is 5.92 Å². The van der Waals surface area contributed by atoms with E-state index < -0.39 is 0 Å². The molecule has 0 amide bonds. The van der Waals surface area contributed by atoms with E-state index in [2.05, 4.69) is 28.8 Å². The Morgan fingerprint density at radius 1 is 1.58 bits per heavy atom. The van der Waals surface area contributed by atoms with Gasteiger partial charge in [-0.1, -0.05) is 18.2 Å². The van der Waals surface area contributed by atoms with Crippen molar-refractivity contribution in [3.8, 4) is 0 Å². The minimum Gasteiger partial charge on any atom is -0.330 e. The van der Waals surface area contributed by atoms with E-state index in [1.54, 1.807) is 0 Å². The Labute approximate surface area is 72.0 Å². The summed E-state index contributed by atoms with van der Waals surface area (Å²) >= 11 is 0. The molecule has 0 saturated carbocycles. The smallest absolute Gasteiger partial charge is 0.0766 e. The molecular formula is C9H13N3. The molecule has 3 nitrogen and oxygen atoms in total. The number of nitrogens with zero attached hydrogens (tertiary/aromatic N) is 1. The molecule has 2 atom stereocenters. The third-order valence-electron chi connectivity index (χ3n) is 2.32. The number of hydrogen-bond donors (Lipinski definition) is 2. The molecule has 12 heavy (non-hydrogen) atoms. The van der Waals surface area contributed by atoms with E-state index in [-0.39, 0.29) is 0 Å². The molecule has 0 bridgehead atoms. The highest BCUT2D eigenvalue weighted by molar-refractivity contribution is 5.68. The maximum Gasteiger partial charge on any atom is 0.0766 e. The minimum atomic E-state index is 0.374. The molecule has 0 fully saturated rings. The fraction of sp³-hybridized carbons (Fsp3) is 0.444. The topological polar surface area (TPSA) is 50.4 Å². The zero-order valence-corrected chi connectivity index (χ0v) is 6.90. The fourth-order valence-electron chi connectivity index (χ4n) is 1.69. The van der Waals surface area contributed by atoms with Crippen molar-refractivity contribution in [1.82, 2.24) is 5.43 Å². The van der Waals surface area contributed by atoms with Crippen molar-refractivity contribution < 1.29 is 0 Å². The summed E-state index contributed by atoms with van der Waals surface area (Å²) in [6.07, 6.45) is 9.29. The summed E-state index contributed by atoms with van der Waals surface area (Å²) in [5, 5.41) is 4.05. The fourth-order valence-corrected chi connectivity index (χ4v) is 1.69. The first-order valence-corrected chi connectivity index (χ1v) is 4.28. The molecule has 2 rings (SSSR count). The maximum absolute atomic E-state index is 5.51. The molecular weight excluding hydrogens is 150 g/mol. The van der Waals surface area contributed by atoms with Crippen LogP contribution in [0.5, 0.6) is 0 Å². The summed E-state index contributed by atoms with van der Waals surface area (Å²) in [6.45, 7) is 0.713. The van der Waals surface area contributed by atoms with Gasteiger partial charge in [0.15, 0.2) is 0 Å². The van der Waals surface area contributed by atoms with Crippen molar-refractivity contribution in [3.63, 3.8) is 0 Å². The van der Waals surface area contributed by atoms with Crippen LogP contribution in [0.1, 0.15) is 6.42 Å². The lowest BCUT2D eigenvalue weighted by atomic mass is 9.89. The average Bonchev–Trinajstić information content (AvgIpc) is 2.53. The van der Waals surface area contributed by atoms with Gasteiger partial charge >= 0.3 is 0 Å². The molecule has 2 unspecified atom stereocenters. The van der Waals surface area contributed by atoms with Gasteiger partial charge in [-0.3, -0.25) is 0 Å². The number of allylic oxidation sites excluding steroid dienone is 2. The summed E-state index contributed by atoms with van der Waals surface area (Å²) in [5.74, 6) is 0.441. The Morgan fingerprint density at radius 3 is 3.33 bits per heavy atom. The van der Waals surface area contributed by atoms with Crippen molar-refractivity contribution in [3.05, 3.63) is 23.8 Å². The standard InChI is InChI=1S/C9H13N3/c10-5-4-7-2-1-3-8-6-11-12-9(7)8/h1-3,6,8-9,12H,4-5,10H2. The van der Waals surface area contributed by atoms with Crippen LogP contribution in [0.3, 0.4) is 0 Å². The summed E-state index contributed by atoms with van der Waals surface area (Å²) < 4.78 is 0. The van der Waals surface area contributed by atoms with Gasteiger partial charge in [0.05, 0.1) is 6.04 Å². The van der Waals surface area contributed by atoms with Crippen LogP contribution in [-0.4, -0.2) is 18.8 Å². The zero-order chi connectivity index (χ0) is 8.39. The zero-order valence-electron chi connectivity index (χ0n) is 6.90. The predicted molar refractivity (Wildman–Crippen MR) is 49.8 cm³/mol. The molecule has 1 heterocycles. The molecule has 0 aromatic rings. The first-order chi connectivity index (χ1) is 5.92. The molecule has 0 radical (unpaired) electrons. The molecule has 1 aliphatic heterocycles. The van der Waals surface area contributed by atoms with Gasteiger partial charge in [0, 0.05) is 12.1 Å². The molecule has 0 aromatic heterocycles. The van der Waals surface area contributed by atoms with Crippen LogP contribution < -0.4 is 11.2 Å². The lowest BCUT2D eigenvalue weighted by Gasteiger charge is -2.21. The van der Waals surface area contributed by atoms with Gasteiger partial charge in [-0.2, -0.15) is 5.10 Å². The van der Waals surface area contributed by atoms with E-state index >= 15 is 0 Å². The van der Waals surface area contributed by atoms with E-state index in [4.69, 9.17) is 5.73 Å². The van der Waals surface area contributed by atoms with Crippen molar-refractivity contribution in [1.29, 1.82) is 0 Å². The second kappa shape index (κ2) is 3.11. The SMILES string of the molecule is NCCC1=CC=CC2C=NNC12. The van der Waals surface area contributed by atoms with E-state index in [0.717, 1.165) is 6.42 Å². The average molecular weight is 163 g/mol. The number of rotatable bonds is 2. The Hall–Kier alpha value is -1.09. The second-order valence-electron chi connectivity index (χ2n) is 3.13. The third-order valence-corrected chi connectivity index (χ3v) is 2.32. The van der Waals surface area contributed by atoms with Crippen LogP contribution in [0.2, 0.25) is 0 Å². The first kappa shape index (κ1) is 7.55. The van der Waals surface area contributed by atoms with E-state index in [9.17, 15) is 0 Å². The van der Waals surface area contributed by atoms with Crippen LogP contribution in [-0.2, 0) is 0 Å². The van der Waals surface area contributed by atoms with Crippen LogP contribution in [0.25, 0.3) is 0 Å². The quantitative estimate of drug-likeness (QED) is 0.619. The predicted octanol–water partition coefficient (Wildman–Crippen LogP) is 0.405. The molecule has 2 aliphatic rings. The van der Waals surface area contributed by atoms with Crippen molar-refractivity contribution in [2.24, 2.45) is 16.8 Å². The number of fused-ring (bicyclic) bond motifs is 1. The molecule has 0 aromatic carbocycles. The van der Waals surface area contributed by atoms with Gasteiger partial charge < -0.3 is 11.2 Å². The van der Waals surface area contributed by atoms with Gasteiger partial charge in [0.2, 0.25) is 0 Å². The van der Waals surface area contributed by atoms with Gasteiger partial charge in [0.25, 0.3) is 0 Å². The highest BCUT2D eigenvalue weighted by Gasteiger charge is 2.26. The lowest BCUT2D eigenvalue weighted by Crippen LogP contribution is -2.31. The number of nitrogens with one attached hydrogen (secondary N) is 1. The third kappa shape index (κ3) is 1.16. The van der Waals surface area contributed by atoms with Crippen molar-refractivity contribution in [2.75, 3.05) is 6.54 Å². The van der Waals surface area contributed by atoms with Crippen LogP contribution >= 0.6 is 0 Å². The van der Waals surface area contributed by atoms with E-state index in [1.165, 1.54) is 5.57 Å². The second-order valence-corrected chi connectivity index (χ2v) is 3.13. The summed E-state index contributed by atoms with van der Waals surface area (Å²) in [4.78, 5) is 0. The Kier molecular flexibility index (Phi) is 1.96. The number of hydrazone groups is 1. The minimum absolute atomic E-state index is 0.374. The summed E-state index contributed by atoms with van der Waals surface area (Å²) in [6, 6.07) is 0.374. The first-order valence-electron chi connectivity index (χ1n) is 4.28. The molecule has 3 heteroatoms. The van der Waals surface area contributed by atoms with Crippen LogP contribution in [0.4, 0.5) is 0 Å². The molecule has 64 valence electrons. The van der Waals surface area contributed by atoms with Gasteiger partial charge in [-0.15, -0.1) is 0 Å². The monoisotopic (exact) mass is 163 g/mol. The van der Waals surface area contributed by atoms with Crippen molar-refractivity contribution >= 4 is 6.21 Å². The van der Waals surface area contributed by atoms with Gasteiger partial charge in [-0.25, -0.2) is 0 Å². The highest BCUT2D eigenvalue weighted by atomic mass is 15.3. The lowest BCUT2D eigenvalue weighted by molar-refractivity contribution is 0.572. The van der Waals surface area contributed by atoms with E-state index in [0.29, 0.717) is 18.5 Å². The Bertz CT molecular complexity index is 252. The summed E-state index contributed by atoms with van der Waals surface area (Å²) in [5.41, 5.74) is 9.96. The largest absolute Gasteiger partial charge is 0.330 e. The number of hydrogen-bond acceptors (Lipinski definition) is 3. The highest BCUT2D eigenvalue weighted by Crippen LogP contribution is 2.23. The van der Waals surface area contributed by atoms with Crippen LogP contribution in [0.15, 0.2) is 28.9 Å².